The minimum absolute atomic E-state index is 0.208. The first kappa shape index (κ1) is 6.59. The standard InChI is InChI=1S/C7H13NO/c1-3-5(2)4-6-7(9)8-6/h5-6H,3-4H2,1-2H3,(H,8,9). The lowest BCUT2D eigenvalue weighted by Crippen LogP contribution is -1.99. The van der Waals surface area contributed by atoms with E-state index in [9.17, 15) is 4.79 Å². The van der Waals surface area contributed by atoms with Crippen LogP contribution in [-0.4, -0.2) is 11.9 Å². The molecule has 1 aliphatic heterocycles. The van der Waals surface area contributed by atoms with Crippen molar-refractivity contribution < 1.29 is 4.79 Å². The van der Waals surface area contributed by atoms with Gasteiger partial charge in [0.2, 0.25) is 5.91 Å². The fourth-order valence-electron chi connectivity index (χ4n) is 0.865. The average Bonchev–Trinajstić information content (AvgIpc) is 2.47. The Hall–Kier alpha value is -0.530. The van der Waals surface area contributed by atoms with Gasteiger partial charge in [-0.3, -0.25) is 4.79 Å². The van der Waals surface area contributed by atoms with Crippen LogP contribution in [0.15, 0.2) is 0 Å². The molecule has 1 heterocycles. The zero-order chi connectivity index (χ0) is 6.85. The van der Waals surface area contributed by atoms with Gasteiger partial charge < -0.3 is 5.32 Å². The summed E-state index contributed by atoms with van der Waals surface area (Å²) in [5.41, 5.74) is 0. The van der Waals surface area contributed by atoms with Crippen molar-refractivity contribution in [3.63, 3.8) is 0 Å². The third-order valence-corrected chi connectivity index (χ3v) is 1.88. The lowest BCUT2D eigenvalue weighted by atomic mass is 10.0. The number of carbonyl (C=O) groups is 1. The van der Waals surface area contributed by atoms with Crippen LogP contribution in [0.1, 0.15) is 26.7 Å². The van der Waals surface area contributed by atoms with E-state index >= 15 is 0 Å². The molecule has 0 aromatic rings. The third-order valence-electron chi connectivity index (χ3n) is 1.88. The predicted octanol–water partition coefficient (Wildman–Crippen LogP) is 0.921. The highest BCUT2D eigenvalue weighted by atomic mass is 16.2. The van der Waals surface area contributed by atoms with E-state index in [-0.39, 0.29) is 11.9 Å². The summed E-state index contributed by atoms with van der Waals surface area (Å²) in [6.07, 6.45) is 2.20. The van der Waals surface area contributed by atoms with Gasteiger partial charge in [0.15, 0.2) is 0 Å². The van der Waals surface area contributed by atoms with Crippen LogP contribution in [0.3, 0.4) is 0 Å². The second kappa shape index (κ2) is 2.38. The molecule has 0 aliphatic carbocycles. The lowest BCUT2D eigenvalue weighted by molar-refractivity contribution is -0.111. The maximum absolute atomic E-state index is 10.4. The fraction of sp³-hybridized carbons (Fsp3) is 0.857. The minimum Gasteiger partial charge on any atom is -0.343 e. The molecule has 52 valence electrons. The molecule has 0 spiro atoms. The Labute approximate surface area is 55.6 Å². The molecular weight excluding hydrogens is 114 g/mol. The van der Waals surface area contributed by atoms with E-state index in [0.29, 0.717) is 5.92 Å². The molecule has 0 aromatic heterocycles. The van der Waals surface area contributed by atoms with E-state index in [1.165, 1.54) is 6.42 Å². The Bertz CT molecular complexity index is 122. The molecular formula is C7H13NO. The van der Waals surface area contributed by atoms with Crippen LogP contribution in [0.2, 0.25) is 0 Å². The molecule has 0 aromatic carbocycles. The Kier molecular flexibility index (Phi) is 1.74. The van der Waals surface area contributed by atoms with Crippen LogP contribution in [0.25, 0.3) is 0 Å². The number of rotatable bonds is 3. The number of carbonyl (C=O) groups excluding carboxylic acids is 1. The molecule has 0 saturated carbocycles. The van der Waals surface area contributed by atoms with Crippen molar-refractivity contribution in [2.45, 2.75) is 32.7 Å². The van der Waals surface area contributed by atoms with Gasteiger partial charge in [0, 0.05) is 0 Å². The first-order chi connectivity index (χ1) is 4.24. The van der Waals surface area contributed by atoms with Gasteiger partial charge in [0.25, 0.3) is 0 Å². The molecule has 1 aliphatic rings. The molecule has 1 fully saturated rings. The Morgan fingerprint density at radius 3 is 2.67 bits per heavy atom. The smallest absolute Gasteiger partial charge is 0.243 e. The van der Waals surface area contributed by atoms with Crippen LogP contribution in [0, 0.1) is 5.92 Å². The van der Waals surface area contributed by atoms with Gasteiger partial charge >= 0.3 is 0 Å². The van der Waals surface area contributed by atoms with E-state index in [1.807, 2.05) is 0 Å². The van der Waals surface area contributed by atoms with E-state index in [4.69, 9.17) is 0 Å². The quantitative estimate of drug-likeness (QED) is 0.562. The molecule has 2 atom stereocenters. The highest BCUT2D eigenvalue weighted by Gasteiger charge is 2.33. The first-order valence-corrected chi connectivity index (χ1v) is 3.54. The van der Waals surface area contributed by atoms with Crippen molar-refractivity contribution in [1.29, 1.82) is 0 Å². The second-order valence-electron chi connectivity index (χ2n) is 2.81. The van der Waals surface area contributed by atoms with Gasteiger partial charge in [-0.2, -0.15) is 0 Å². The second-order valence-corrected chi connectivity index (χ2v) is 2.81. The monoisotopic (exact) mass is 127 g/mol. The molecule has 2 nitrogen and oxygen atoms in total. The molecule has 1 N–H and O–H groups in total. The van der Waals surface area contributed by atoms with E-state index < -0.39 is 0 Å². The molecule has 2 unspecified atom stereocenters. The molecule has 1 amide bonds. The summed E-state index contributed by atoms with van der Waals surface area (Å²) in [5, 5.41) is 2.76. The van der Waals surface area contributed by atoms with Crippen LogP contribution in [0.5, 0.6) is 0 Å². The number of nitrogens with one attached hydrogen (secondary N) is 1. The maximum Gasteiger partial charge on any atom is 0.243 e. The predicted molar refractivity (Wildman–Crippen MR) is 36.0 cm³/mol. The van der Waals surface area contributed by atoms with E-state index in [1.54, 1.807) is 0 Å². The van der Waals surface area contributed by atoms with Crippen molar-refractivity contribution >= 4 is 5.91 Å². The zero-order valence-corrected chi connectivity index (χ0v) is 5.98. The molecule has 1 rings (SSSR count). The zero-order valence-electron chi connectivity index (χ0n) is 5.98. The SMILES string of the molecule is CCC(C)CC1NC1=O. The Morgan fingerprint density at radius 1 is 1.78 bits per heavy atom. The topological polar surface area (TPSA) is 39.0 Å². The first-order valence-electron chi connectivity index (χ1n) is 3.54. The summed E-state index contributed by atoms with van der Waals surface area (Å²) in [4.78, 5) is 10.4. The Balaban J connectivity index is 2.11. The third kappa shape index (κ3) is 1.70. The minimum atomic E-state index is 0.208. The van der Waals surface area contributed by atoms with Crippen LogP contribution >= 0.6 is 0 Å². The van der Waals surface area contributed by atoms with E-state index in [0.717, 1.165) is 6.42 Å². The summed E-state index contributed by atoms with van der Waals surface area (Å²) in [6.45, 7) is 4.32. The van der Waals surface area contributed by atoms with Gasteiger partial charge in [-0.25, -0.2) is 0 Å². The molecule has 2 heteroatoms. The summed E-state index contributed by atoms with van der Waals surface area (Å²) in [5.74, 6) is 0.921. The van der Waals surface area contributed by atoms with Crippen molar-refractivity contribution in [2.75, 3.05) is 0 Å². The maximum atomic E-state index is 10.4. The fourth-order valence-corrected chi connectivity index (χ4v) is 0.865. The molecule has 1 saturated heterocycles. The molecule has 0 radical (unpaired) electrons. The van der Waals surface area contributed by atoms with Crippen molar-refractivity contribution in [1.82, 2.24) is 5.32 Å². The van der Waals surface area contributed by atoms with Crippen molar-refractivity contribution in [3.05, 3.63) is 0 Å². The summed E-state index contributed by atoms with van der Waals surface area (Å²) in [7, 11) is 0. The van der Waals surface area contributed by atoms with Gasteiger partial charge in [-0.15, -0.1) is 0 Å². The normalized spacial score (nSPS) is 27.3. The highest BCUT2D eigenvalue weighted by molar-refractivity contribution is 5.96. The summed E-state index contributed by atoms with van der Waals surface area (Å²) in [6, 6.07) is 0.208. The van der Waals surface area contributed by atoms with Crippen molar-refractivity contribution in [3.8, 4) is 0 Å². The van der Waals surface area contributed by atoms with Gasteiger partial charge in [0.05, 0.1) is 0 Å². The number of amides is 1. The van der Waals surface area contributed by atoms with Crippen molar-refractivity contribution in [2.24, 2.45) is 5.92 Å². The Morgan fingerprint density at radius 2 is 2.33 bits per heavy atom. The number of hydrogen-bond donors (Lipinski definition) is 1. The summed E-state index contributed by atoms with van der Waals surface area (Å²) >= 11 is 0. The van der Waals surface area contributed by atoms with Crippen LogP contribution < -0.4 is 5.32 Å². The lowest BCUT2D eigenvalue weighted by Gasteiger charge is -2.02. The van der Waals surface area contributed by atoms with Gasteiger partial charge in [-0.05, 0) is 12.3 Å². The van der Waals surface area contributed by atoms with Gasteiger partial charge in [0.1, 0.15) is 6.04 Å². The van der Waals surface area contributed by atoms with Gasteiger partial charge in [-0.1, -0.05) is 20.3 Å². The van der Waals surface area contributed by atoms with E-state index in [2.05, 4.69) is 19.2 Å². The summed E-state index contributed by atoms with van der Waals surface area (Å²) < 4.78 is 0. The average molecular weight is 127 g/mol. The highest BCUT2D eigenvalue weighted by Crippen LogP contribution is 2.15. The van der Waals surface area contributed by atoms with Crippen LogP contribution in [0.4, 0.5) is 0 Å². The molecule has 9 heavy (non-hydrogen) atoms. The largest absolute Gasteiger partial charge is 0.343 e. The van der Waals surface area contributed by atoms with Crippen LogP contribution in [-0.2, 0) is 4.79 Å². The number of hydrogen-bond acceptors (Lipinski definition) is 1. The molecule has 0 bridgehead atoms.